The average molecular weight is 483 g/mol. The van der Waals surface area contributed by atoms with Crippen LogP contribution in [0.3, 0.4) is 0 Å². The Morgan fingerprint density at radius 1 is 0.727 bits per heavy atom. The predicted octanol–water partition coefficient (Wildman–Crippen LogP) is -5.88. The minimum atomic E-state index is -1.48. The highest BCUT2D eigenvalue weighted by Gasteiger charge is 2.52. The molecule has 0 aromatic rings. The zero-order valence-electron chi connectivity index (χ0n) is 18.6. The Morgan fingerprint density at radius 3 is 1.82 bits per heavy atom. The molecule has 0 spiro atoms. The van der Waals surface area contributed by atoms with Gasteiger partial charge < -0.3 is 72.5 Å². The lowest BCUT2D eigenvalue weighted by Crippen LogP contribution is -2.68. The molecular weight excluding hydrogens is 444 g/mol. The molecule has 16 atom stereocenters. The van der Waals surface area contributed by atoms with Crippen molar-refractivity contribution in [2.45, 2.75) is 118 Å². The first-order valence-electron chi connectivity index (χ1n) is 11.1. The van der Waals surface area contributed by atoms with E-state index in [4.69, 9.17) is 41.9 Å². The molecule has 1 saturated carbocycles. The van der Waals surface area contributed by atoms with Gasteiger partial charge in [0.2, 0.25) is 0 Å². The Labute approximate surface area is 191 Å². The van der Waals surface area contributed by atoms with Crippen LogP contribution in [0.4, 0.5) is 0 Å². The summed E-state index contributed by atoms with van der Waals surface area (Å²) in [4.78, 5) is 0. The normalized spacial score (nSPS) is 53.1. The Balaban J connectivity index is 1.80. The summed E-state index contributed by atoms with van der Waals surface area (Å²) in [5.74, 6) is 0. The Kier molecular flexibility index (Phi) is 8.68. The molecule has 2 saturated heterocycles. The van der Waals surface area contributed by atoms with E-state index in [1.165, 1.54) is 6.92 Å². The maximum absolute atomic E-state index is 10.7. The number of ether oxygens (including phenoxy) is 4. The molecule has 4 unspecified atom stereocenters. The fraction of sp³-hybridized carbons (Fsp3) is 1.00. The molecule has 0 bridgehead atoms. The van der Waals surface area contributed by atoms with Gasteiger partial charge in [-0.15, -0.1) is 0 Å². The van der Waals surface area contributed by atoms with Crippen LogP contribution >= 0.6 is 0 Å². The van der Waals surface area contributed by atoms with Gasteiger partial charge >= 0.3 is 0 Å². The minimum Gasteiger partial charge on any atom is -0.391 e. The lowest BCUT2D eigenvalue weighted by atomic mass is 9.84. The highest BCUT2D eigenvalue weighted by Crippen LogP contribution is 2.32. The highest BCUT2D eigenvalue weighted by atomic mass is 16.7. The molecule has 14 N–H and O–H groups in total. The summed E-state index contributed by atoms with van der Waals surface area (Å²) < 4.78 is 22.9. The zero-order chi connectivity index (χ0) is 24.8. The van der Waals surface area contributed by atoms with Crippen molar-refractivity contribution in [2.75, 3.05) is 0 Å². The molecule has 3 fully saturated rings. The molecule has 1 aliphatic carbocycles. The van der Waals surface area contributed by atoms with E-state index < -0.39 is 97.8 Å². The fourth-order valence-corrected chi connectivity index (χ4v) is 4.57. The first-order valence-corrected chi connectivity index (χ1v) is 11.1. The van der Waals surface area contributed by atoms with Crippen molar-refractivity contribution in [3.05, 3.63) is 0 Å². The lowest BCUT2D eigenvalue weighted by Gasteiger charge is -2.47. The summed E-state index contributed by atoms with van der Waals surface area (Å²) in [6.45, 7) is 2.96. The topological polar surface area (TPSA) is 262 Å². The summed E-state index contributed by atoms with van der Waals surface area (Å²) in [6, 6.07) is -3.41. The number of aliphatic hydroxyl groups excluding tert-OH is 6. The Hall–Kier alpha value is -0.560. The molecule has 0 amide bonds. The Bertz CT molecular complexity index is 648. The standard InChI is InChI=1S/C19H38N4O10/c1-4(20)14-12(28)13(29)19(30-14)33-17-9(25)6(21)3-7(22)16(17)32-18-8(23)10(26)11(27)15(31-18)5(2)24/h4-19,24-29H,3,20-23H2,1-2H3/t4-,5+,6+,7-,8-,9-,10+,11-,12-,13+,14?,15?,16+,17?,18?,19-/m0/s1. The van der Waals surface area contributed by atoms with E-state index in [-0.39, 0.29) is 6.42 Å². The molecule has 0 aromatic heterocycles. The number of hydrogen-bond acceptors (Lipinski definition) is 14. The van der Waals surface area contributed by atoms with E-state index in [0.29, 0.717) is 0 Å². The van der Waals surface area contributed by atoms with Gasteiger partial charge in [-0.1, -0.05) is 0 Å². The zero-order valence-corrected chi connectivity index (χ0v) is 18.6. The number of aliphatic hydroxyl groups is 6. The van der Waals surface area contributed by atoms with Gasteiger partial charge in [0.1, 0.15) is 48.8 Å². The van der Waals surface area contributed by atoms with Gasteiger partial charge in [-0.2, -0.15) is 0 Å². The van der Waals surface area contributed by atoms with Crippen molar-refractivity contribution in [3.63, 3.8) is 0 Å². The molecule has 14 heteroatoms. The van der Waals surface area contributed by atoms with Crippen LogP contribution in [-0.2, 0) is 18.9 Å². The third kappa shape index (κ3) is 5.34. The van der Waals surface area contributed by atoms with Crippen molar-refractivity contribution in [2.24, 2.45) is 22.9 Å². The molecule has 0 aromatic carbocycles. The van der Waals surface area contributed by atoms with Gasteiger partial charge in [-0.25, -0.2) is 0 Å². The van der Waals surface area contributed by atoms with Crippen molar-refractivity contribution in [1.82, 2.24) is 0 Å². The largest absolute Gasteiger partial charge is 0.391 e. The van der Waals surface area contributed by atoms with Crippen LogP contribution in [0, 0.1) is 0 Å². The average Bonchev–Trinajstić information content (AvgIpc) is 3.02. The molecule has 0 radical (unpaired) electrons. The summed E-state index contributed by atoms with van der Waals surface area (Å²) >= 11 is 0. The first kappa shape index (κ1) is 27.0. The first-order chi connectivity index (χ1) is 15.3. The molecule has 194 valence electrons. The monoisotopic (exact) mass is 482 g/mol. The number of nitrogens with two attached hydrogens (primary N) is 4. The van der Waals surface area contributed by atoms with Crippen LogP contribution in [0.2, 0.25) is 0 Å². The van der Waals surface area contributed by atoms with Gasteiger partial charge in [0.15, 0.2) is 12.6 Å². The van der Waals surface area contributed by atoms with Gasteiger partial charge in [-0.05, 0) is 20.3 Å². The van der Waals surface area contributed by atoms with Crippen LogP contribution in [-0.4, -0.2) is 128 Å². The maximum atomic E-state index is 10.7. The van der Waals surface area contributed by atoms with E-state index in [1.54, 1.807) is 6.92 Å². The van der Waals surface area contributed by atoms with Gasteiger partial charge in [0.25, 0.3) is 0 Å². The third-order valence-electron chi connectivity index (χ3n) is 6.58. The molecule has 33 heavy (non-hydrogen) atoms. The van der Waals surface area contributed by atoms with Crippen molar-refractivity contribution < 1.29 is 49.6 Å². The second kappa shape index (κ2) is 10.6. The quantitative estimate of drug-likeness (QED) is 0.169. The number of rotatable bonds is 6. The minimum absolute atomic E-state index is 0.137. The van der Waals surface area contributed by atoms with E-state index in [9.17, 15) is 30.6 Å². The highest BCUT2D eigenvalue weighted by molar-refractivity contribution is 5.02. The Morgan fingerprint density at radius 2 is 1.27 bits per heavy atom. The maximum Gasteiger partial charge on any atom is 0.187 e. The summed E-state index contributed by atoms with van der Waals surface area (Å²) in [7, 11) is 0. The molecule has 2 heterocycles. The van der Waals surface area contributed by atoms with E-state index >= 15 is 0 Å². The lowest BCUT2D eigenvalue weighted by molar-refractivity contribution is -0.315. The predicted molar refractivity (Wildman–Crippen MR) is 111 cm³/mol. The fourth-order valence-electron chi connectivity index (χ4n) is 4.57. The van der Waals surface area contributed by atoms with Crippen molar-refractivity contribution in [3.8, 4) is 0 Å². The van der Waals surface area contributed by atoms with Gasteiger partial charge in [-0.3, -0.25) is 0 Å². The van der Waals surface area contributed by atoms with Crippen LogP contribution in [0.15, 0.2) is 0 Å². The summed E-state index contributed by atoms with van der Waals surface area (Å²) in [5.41, 5.74) is 24.0. The summed E-state index contributed by atoms with van der Waals surface area (Å²) in [6.07, 6.45) is -15.2. The second-order valence-corrected chi connectivity index (χ2v) is 9.33. The van der Waals surface area contributed by atoms with Crippen molar-refractivity contribution in [1.29, 1.82) is 0 Å². The third-order valence-corrected chi connectivity index (χ3v) is 6.58. The second-order valence-electron chi connectivity index (χ2n) is 9.33. The SMILES string of the molecule is C[C@H](N)C1O[C@@H](OC2[C@@H](O)[C@H](N)C[C@H](N)[C@H]2OC2OC([C@@H](C)O)[C@@H](O)[C@H](O)[C@@H]2N)[C@H](O)[C@@H]1O. The number of hydrogen-bond donors (Lipinski definition) is 10. The van der Waals surface area contributed by atoms with Crippen LogP contribution < -0.4 is 22.9 Å². The molecular formula is C19H38N4O10. The van der Waals surface area contributed by atoms with Gasteiger partial charge in [0.05, 0.1) is 18.2 Å². The van der Waals surface area contributed by atoms with E-state index in [2.05, 4.69) is 0 Å². The molecule has 2 aliphatic heterocycles. The molecule has 3 aliphatic rings. The van der Waals surface area contributed by atoms with E-state index in [1.807, 2.05) is 0 Å². The van der Waals surface area contributed by atoms with Crippen LogP contribution in [0.1, 0.15) is 20.3 Å². The smallest absolute Gasteiger partial charge is 0.187 e. The van der Waals surface area contributed by atoms with Crippen LogP contribution in [0.25, 0.3) is 0 Å². The van der Waals surface area contributed by atoms with Crippen molar-refractivity contribution >= 4 is 0 Å². The summed E-state index contributed by atoms with van der Waals surface area (Å²) in [5, 5.41) is 61.6. The van der Waals surface area contributed by atoms with Crippen LogP contribution in [0.5, 0.6) is 0 Å². The van der Waals surface area contributed by atoms with Gasteiger partial charge in [0, 0.05) is 18.1 Å². The van der Waals surface area contributed by atoms with E-state index in [0.717, 1.165) is 0 Å². The molecule has 3 rings (SSSR count). The molecule has 14 nitrogen and oxygen atoms in total.